The summed E-state index contributed by atoms with van der Waals surface area (Å²) >= 11 is 12.0. The number of hydrogen-bond donors (Lipinski definition) is 1. The molecule has 0 bridgehead atoms. The molecule has 0 aliphatic carbocycles. The maximum absolute atomic E-state index is 12.1. The van der Waals surface area contributed by atoms with E-state index >= 15 is 0 Å². The molecule has 0 aliphatic rings. The van der Waals surface area contributed by atoms with E-state index in [1.165, 1.54) is 12.1 Å². The number of aliphatic hydroxyl groups is 1. The summed E-state index contributed by atoms with van der Waals surface area (Å²) in [5.74, 6) is -0.858. The van der Waals surface area contributed by atoms with Crippen molar-refractivity contribution in [2.24, 2.45) is 5.11 Å². The lowest BCUT2D eigenvalue weighted by molar-refractivity contribution is -0.159. The molecule has 0 spiro atoms. The number of carbonyl (C=O) groups is 1. The number of hydrogen-bond acceptors (Lipinski definition) is 4. The molecule has 0 saturated carbocycles. The van der Waals surface area contributed by atoms with Crippen LogP contribution >= 0.6 is 23.2 Å². The number of azide groups is 1. The number of benzene rings is 1. The van der Waals surface area contributed by atoms with E-state index in [2.05, 4.69) is 10.0 Å². The molecule has 2 atom stereocenters. The Labute approximate surface area is 132 Å². The second-order valence-corrected chi connectivity index (χ2v) is 6.08. The highest BCUT2D eigenvalue weighted by Gasteiger charge is 2.33. The largest absolute Gasteiger partial charge is 0.460 e. The van der Waals surface area contributed by atoms with Gasteiger partial charge in [-0.15, -0.1) is 0 Å². The standard InChI is InChI=1S/C13H15Cl2N3O3/c1-13(2,3)21-12(20)10(17-18-16)11(19)9-7(14)5-4-6-8(9)15/h4-6,10-11,19H,1-3H3/t10-,11-/m0/s1. The maximum Gasteiger partial charge on any atom is 0.318 e. The van der Waals surface area contributed by atoms with Crippen molar-refractivity contribution in [2.45, 2.75) is 38.5 Å². The van der Waals surface area contributed by atoms with Gasteiger partial charge in [-0.3, -0.25) is 4.79 Å². The van der Waals surface area contributed by atoms with Crippen LogP contribution < -0.4 is 0 Å². The Balaban J connectivity index is 3.17. The van der Waals surface area contributed by atoms with E-state index in [0.717, 1.165) is 0 Å². The zero-order valence-electron chi connectivity index (χ0n) is 11.7. The number of ether oxygens (including phenoxy) is 1. The van der Waals surface area contributed by atoms with Gasteiger partial charge in [-0.1, -0.05) is 34.4 Å². The van der Waals surface area contributed by atoms with Gasteiger partial charge in [0.1, 0.15) is 11.7 Å². The number of esters is 1. The Morgan fingerprint density at radius 1 is 1.38 bits per heavy atom. The van der Waals surface area contributed by atoms with E-state index in [-0.39, 0.29) is 15.6 Å². The number of nitrogens with zero attached hydrogens (tertiary/aromatic N) is 3. The van der Waals surface area contributed by atoms with Crippen molar-refractivity contribution in [1.29, 1.82) is 0 Å². The predicted molar refractivity (Wildman–Crippen MR) is 80.2 cm³/mol. The van der Waals surface area contributed by atoms with Crippen LogP contribution in [-0.4, -0.2) is 22.7 Å². The number of carbonyl (C=O) groups excluding carboxylic acids is 1. The van der Waals surface area contributed by atoms with Crippen LogP contribution in [0.2, 0.25) is 10.0 Å². The lowest BCUT2D eigenvalue weighted by atomic mass is 10.0. The lowest BCUT2D eigenvalue weighted by Gasteiger charge is -2.25. The third-order valence-corrected chi connectivity index (χ3v) is 3.08. The summed E-state index contributed by atoms with van der Waals surface area (Å²) in [6.07, 6.45) is -1.50. The fourth-order valence-corrected chi connectivity index (χ4v) is 2.23. The molecule has 0 radical (unpaired) electrons. The molecule has 21 heavy (non-hydrogen) atoms. The van der Waals surface area contributed by atoms with Crippen LogP contribution in [0, 0.1) is 0 Å². The molecule has 0 aromatic heterocycles. The molecule has 0 aliphatic heterocycles. The van der Waals surface area contributed by atoms with Crippen LogP contribution in [0.15, 0.2) is 23.3 Å². The minimum Gasteiger partial charge on any atom is -0.460 e. The summed E-state index contributed by atoms with van der Waals surface area (Å²) in [5, 5.41) is 13.9. The molecule has 1 rings (SSSR count). The summed E-state index contributed by atoms with van der Waals surface area (Å²) in [6.45, 7) is 4.98. The van der Waals surface area contributed by atoms with Crippen LogP contribution in [0.25, 0.3) is 10.4 Å². The Morgan fingerprint density at radius 2 is 1.90 bits per heavy atom. The fraction of sp³-hybridized carbons (Fsp3) is 0.462. The first-order chi connectivity index (χ1) is 9.67. The van der Waals surface area contributed by atoms with Gasteiger partial charge in [-0.2, -0.15) is 0 Å². The minimum absolute atomic E-state index is 0.115. The van der Waals surface area contributed by atoms with Gasteiger partial charge in [-0.05, 0) is 38.4 Å². The number of rotatable bonds is 4. The first kappa shape index (κ1) is 17.6. The average Bonchev–Trinajstić information content (AvgIpc) is 2.33. The Hall–Kier alpha value is -1.46. The summed E-state index contributed by atoms with van der Waals surface area (Å²) < 4.78 is 5.12. The van der Waals surface area contributed by atoms with Gasteiger partial charge in [0.2, 0.25) is 0 Å². The highest BCUT2D eigenvalue weighted by Crippen LogP contribution is 2.33. The monoisotopic (exact) mass is 331 g/mol. The smallest absolute Gasteiger partial charge is 0.318 e. The Morgan fingerprint density at radius 3 is 2.33 bits per heavy atom. The second kappa shape index (κ2) is 7.00. The number of aliphatic hydroxyl groups excluding tert-OH is 1. The van der Waals surface area contributed by atoms with E-state index in [0.29, 0.717) is 0 Å². The molecule has 0 heterocycles. The summed E-state index contributed by atoms with van der Waals surface area (Å²) in [4.78, 5) is 14.6. The predicted octanol–water partition coefficient (Wildman–Crippen LogP) is 4.05. The summed E-state index contributed by atoms with van der Waals surface area (Å²) in [6, 6.07) is 3.13. The van der Waals surface area contributed by atoms with Crippen LogP contribution in [-0.2, 0) is 9.53 Å². The molecule has 6 nitrogen and oxygen atoms in total. The van der Waals surface area contributed by atoms with E-state index in [1.54, 1.807) is 26.8 Å². The minimum atomic E-state index is -1.50. The summed E-state index contributed by atoms with van der Waals surface area (Å²) in [7, 11) is 0. The van der Waals surface area contributed by atoms with Crippen molar-refractivity contribution in [3.63, 3.8) is 0 Å². The molecule has 0 unspecified atom stereocenters. The van der Waals surface area contributed by atoms with Gasteiger partial charge < -0.3 is 9.84 Å². The van der Waals surface area contributed by atoms with E-state index in [1.807, 2.05) is 0 Å². The maximum atomic E-state index is 12.1. The SMILES string of the molecule is CC(C)(C)OC(=O)[C@@H](N=[N+]=[N-])[C@@H](O)c1c(Cl)cccc1Cl. The van der Waals surface area contributed by atoms with Crippen molar-refractivity contribution in [3.05, 3.63) is 44.3 Å². The first-order valence-corrected chi connectivity index (χ1v) is 6.82. The van der Waals surface area contributed by atoms with Crippen LogP contribution in [0.3, 0.4) is 0 Å². The molecule has 1 N–H and O–H groups in total. The molecule has 8 heteroatoms. The van der Waals surface area contributed by atoms with Crippen LogP contribution in [0.5, 0.6) is 0 Å². The zero-order valence-corrected chi connectivity index (χ0v) is 13.3. The molecule has 0 amide bonds. The summed E-state index contributed by atoms with van der Waals surface area (Å²) in [5.41, 5.74) is 7.92. The quantitative estimate of drug-likeness (QED) is 0.390. The molecule has 114 valence electrons. The average molecular weight is 332 g/mol. The normalized spacial score (nSPS) is 14.0. The Kier molecular flexibility index (Phi) is 5.87. The molecule has 1 aromatic carbocycles. The van der Waals surface area contributed by atoms with E-state index in [9.17, 15) is 9.90 Å². The van der Waals surface area contributed by atoms with Crippen LogP contribution in [0.4, 0.5) is 0 Å². The molecular weight excluding hydrogens is 317 g/mol. The Bertz CT molecular complexity index is 560. The second-order valence-electron chi connectivity index (χ2n) is 5.26. The van der Waals surface area contributed by atoms with Gasteiger partial charge >= 0.3 is 5.97 Å². The van der Waals surface area contributed by atoms with Gasteiger partial charge in [0, 0.05) is 20.5 Å². The van der Waals surface area contributed by atoms with Gasteiger partial charge in [-0.25, -0.2) is 0 Å². The molecular formula is C13H15Cl2N3O3. The van der Waals surface area contributed by atoms with Crippen molar-refractivity contribution in [1.82, 2.24) is 0 Å². The lowest BCUT2D eigenvalue weighted by Crippen LogP contribution is -2.34. The molecule has 0 fully saturated rings. The number of halogens is 2. The van der Waals surface area contributed by atoms with Gasteiger partial charge in [0.15, 0.2) is 6.04 Å². The van der Waals surface area contributed by atoms with Crippen LogP contribution in [0.1, 0.15) is 32.4 Å². The van der Waals surface area contributed by atoms with Crippen molar-refractivity contribution in [2.75, 3.05) is 0 Å². The van der Waals surface area contributed by atoms with E-state index < -0.39 is 23.7 Å². The fourth-order valence-electron chi connectivity index (χ4n) is 1.61. The third kappa shape index (κ3) is 4.79. The van der Waals surface area contributed by atoms with E-state index in [4.69, 9.17) is 33.5 Å². The van der Waals surface area contributed by atoms with Gasteiger partial charge in [0.05, 0.1) is 0 Å². The highest BCUT2D eigenvalue weighted by molar-refractivity contribution is 6.36. The highest BCUT2D eigenvalue weighted by atomic mass is 35.5. The van der Waals surface area contributed by atoms with Crippen molar-refractivity contribution in [3.8, 4) is 0 Å². The zero-order chi connectivity index (χ0) is 16.2. The van der Waals surface area contributed by atoms with Crippen molar-refractivity contribution < 1.29 is 14.6 Å². The van der Waals surface area contributed by atoms with Gasteiger partial charge in [0.25, 0.3) is 0 Å². The topological polar surface area (TPSA) is 95.3 Å². The first-order valence-electron chi connectivity index (χ1n) is 6.06. The van der Waals surface area contributed by atoms with Crippen molar-refractivity contribution >= 4 is 29.2 Å². The molecule has 0 saturated heterocycles. The third-order valence-electron chi connectivity index (χ3n) is 2.42. The molecule has 1 aromatic rings.